The molecule has 0 aliphatic rings. The van der Waals surface area contributed by atoms with Crippen LogP contribution in [0.3, 0.4) is 0 Å². The minimum absolute atomic E-state index is 0.455. The lowest BCUT2D eigenvalue weighted by Gasteiger charge is -2.05. The lowest BCUT2D eigenvalue weighted by molar-refractivity contribution is 0.768. The molecule has 2 rings (SSSR count). The minimum Gasteiger partial charge on any atom is -0.337 e. The van der Waals surface area contributed by atoms with Crippen LogP contribution in [0.25, 0.3) is 0 Å². The zero-order chi connectivity index (χ0) is 10.8. The molecule has 0 bridgehead atoms. The number of anilines is 2. The third-order valence-electron chi connectivity index (χ3n) is 1.99. The first-order chi connectivity index (χ1) is 7.16. The molecule has 6 heteroatoms. The Balaban J connectivity index is 2.28. The lowest BCUT2D eigenvalue weighted by Crippen LogP contribution is -1.97. The quantitative estimate of drug-likeness (QED) is 0.791. The van der Waals surface area contributed by atoms with Crippen LogP contribution in [0.5, 0.6) is 0 Å². The smallest absolute Gasteiger partial charge is 0.138 e. The molecule has 15 heavy (non-hydrogen) atoms. The number of hydrogen-bond donors (Lipinski definition) is 1. The molecule has 0 saturated carbocycles. The summed E-state index contributed by atoms with van der Waals surface area (Å²) in [6, 6.07) is 0. The Bertz CT molecular complexity index is 479. The predicted octanol–water partition coefficient (Wildman–Crippen LogP) is 1.92. The van der Waals surface area contributed by atoms with Crippen LogP contribution in [-0.2, 0) is 7.05 Å². The second-order valence-electron chi connectivity index (χ2n) is 3.17. The number of nitrogens with one attached hydrogen (secondary N) is 1. The molecule has 0 aliphatic heterocycles. The van der Waals surface area contributed by atoms with Gasteiger partial charge >= 0.3 is 0 Å². The topological polar surface area (TPSA) is 55.6 Å². The molecule has 0 radical (unpaired) electrons. The monoisotopic (exact) mass is 223 g/mol. The fraction of sp³-hybridized carbons (Fsp3) is 0.222. The van der Waals surface area contributed by atoms with Gasteiger partial charge in [0, 0.05) is 18.8 Å². The molecule has 78 valence electrons. The highest BCUT2D eigenvalue weighted by atomic mass is 35.5. The van der Waals surface area contributed by atoms with Gasteiger partial charge in [-0.3, -0.25) is 4.68 Å². The van der Waals surface area contributed by atoms with Crippen LogP contribution >= 0.6 is 11.6 Å². The molecular weight excluding hydrogens is 214 g/mol. The largest absolute Gasteiger partial charge is 0.337 e. The van der Waals surface area contributed by atoms with E-state index in [4.69, 9.17) is 11.6 Å². The van der Waals surface area contributed by atoms with Crippen molar-refractivity contribution in [3.63, 3.8) is 0 Å². The summed E-state index contributed by atoms with van der Waals surface area (Å²) in [5, 5.41) is 7.61. The van der Waals surface area contributed by atoms with E-state index in [0.29, 0.717) is 11.0 Å². The fourth-order valence-electron chi connectivity index (χ4n) is 1.18. The van der Waals surface area contributed by atoms with Gasteiger partial charge in [0.05, 0.1) is 11.9 Å². The fourth-order valence-corrected chi connectivity index (χ4v) is 1.31. The first kappa shape index (κ1) is 9.92. The van der Waals surface area contributed by atoms with E-state index in [1.165, 1.54) is 6.33 Å². The molecule has 5 nitrogen and oxygen atoms in total. The first-order valence-electron chi connectivity index (χ1n) is 4.39. The number of halogens is 1. The van der Waals surface area contributed by atoms with Crippen LogP contribution in [0.1, 0.15) is 5.56 Å². The maximum absolute atomic E-state index is 5.87. The van der Waals surface area contributed by atoms with Gasteiger partial charge in [-0.25, -0.2) is 9.97 Å². The maximum Gasteiger partial charge on any atom is 0.138 e. The Morgan fingerprint density at radius 2 is 2.20 bits per heavy atom. The number of aromatic nitrogens is 4. The minimum atomic E-state index is 0.455. The summed E-state index contributed by atoms with van der Waals surface area (Å²) in [7, 11) is 1.85. The molecule has 0 aliphatic carbocycles. The SMILES string of the molecule is Cc1c(Cl)ncnc1Nc1cnn(C)c1. The van der Waals surface area contributed by atoms with E-state index < -0.39 is 0 Å². The molecule has 0 amide bonds. The number of hydrogen-bond acceptors (Lipinski definition) is 4. The Hall–Kier alpha value is -1.62. The number of aryl methyl sites for hydroxylation is 1. The molecular formula is C9H10ClN5. The van der Waals surface area contributed by atoms with Crippen molar-refractivity contribution in [2.45, 2.75) is 6.92 Å². The third-order valence-corrected chi connectivity index (χ3v) is 2.37. The van der Waals surface area contributed by atoms with Gasteiger partial charge in [-0.15, -0.1) is 0 Å². The van der Waals surface area contributed by atoms with Gasteiger partial charge in [0.1, 0.15) is 17.3 Å². The lowest BCUT2D eigenvalue weighted by atomic mass is 10.3. The van der Waals surface area contributed by atoms with E-state index in [9.17, 15) is 0 Å². The Kier molecular flexibility index (Phi) is 2.55. The van der Waals surface area contributed by atoms with Crippen molar-refractivity contribution in [1.82, 2.24) is 19.7 Å². The Morgan fingerprint density at radius 1 is 1.40 bits per heavy atom. The number of nitrogens with zero attached hydrogens (tertiary/aromatic N) is 4. The standard InChI is InChI=1S/C9H10ClN5/c1-6-8(10)11-5-12-9(6)14-7-3-13-15(2)4-7/h3-5H,1-2H3,(H,11,12,14). The Labute approximate surface area is 92.1 Å². The predicted molar refractivity (Wildman–Crippen MR) is 58.3 cm³/mol. The molecule has 0 atom stereocenters. The van der Waals surface area contributed by atoms with Crippen LogP contribution in [0.15, 0.2) is 18.7 Å². The van der Waals surface area contributed by atoms with Gasteiger partial charge in [0.25, 0.3) is 0 Å². The van der Waals surface area contributed by atoms with Crippen molar-refractivity contribution in [3.8, 4) is 0 Å². The summed E-state index contributed by atoms with van der Waals surface area (Å²) >= 11 is 5.87. The highest BCUT2D eigenvalue weighted by molar-refractivity contribution is 6.30. The Morgan fingerprint density at radius 3 is 2.87 bits per heavy atom. The zero-order valence-electron chi connectivity index (χ0n) is 8.40. The summed E-state index contributed by atoms with van der Waals surface area (Å²) in [4.78, 5) is 7.98. The first-order valence-corrected chi connectivity index (χ1v) is 4.77. The summed E-state index contributed by atoms with van der Waals surface area (Å²) in [6.45, 7) is 1.86. The van der Waals surface area contributed by atoms with Gasteiger partial charge in [-0.05, 0) is 6.92 Å². The van der Waals surface area contributed by atoms with E-state index in [1.807, 2.05) is 20.2 Å². The van der Waals surface area contributed by atoms with Gasteiger partial charge in [0.2, 0.25) is 0 Å². The molecule has 0 fully saturated rings. The summed E-state index contributed by atoms with van der Waals surface area (Å²) in [5.74, 6) is 0.697. The maximum atomic E-state index is 5.87. The van der Waals surface area contributed by atoms with Crippen molar-refractivity contribution in [2.24, 2.45) is 7.05 Å². The second-order valence-corrected chi connectivity index (χ2v) is 3.52. The molecule has 2 heterocycles. The summed E-state index contributed by atoms with van der Waals surface area (Å²) in [5.41, 5.74) is 1.69. The van der Waals surface area contributed by atoms with Crippen molar-refractivity contribution in [1.29, 1.82) is 0 Å². The van der Waals surface area contributed by atoms with Crippen molar-refractivity contribution >= 4 is 23.1 Å². The molecule has 0 spiro atoms. The van der Waals surface area contributed by atoms with E-state index in [0.717, 1.165) is 11.3 Å². The molecule has 2 aromatic heterocycles. The van der Waals surface area contributed by atoms with Crippen LogP contribution in [0, 0.1) is 6.92 Å². The number of rotatable bonds is 2. The molecule has 2 aromatic rings. The van der Waals surface area contributed by atoms with E-state index in [1.54, 1.807) is 10.9 Å². The van der Waals surface area contributed by atoms with E-state index in [-0.39, 0.29) is 0 Å². The zero-order valence-corrected chi connectivity index (χ0v) is 9.15. The summed E-state index contributed by atoms with van der Waals surface area (Å²) < 4.78 is 1.71. The highest BCUT2D eigenvalue weighted by Crippen LogP contribution is 2.21. The highest BCUT2D eigenvalue weighted by Gasteiger charge is 2.05. The second kappa shape index (κ2) is 3.86. The third kappa shape index (κ3) is 2.07. The van der Waals surface area contributed by atoms with Crippen molar-refractivity contribution < 1.29 is 0 Å². The van der Waals surface area contributed by atoms with Crippen LogP contribution in [0.4, 0.5) is 11.5 Å². The molecule has 0 saturated heterocycles. The van der Waals surface area contributed by atoms with Crippen LogP contribution in [-0.4, -0.2) is 19.7 Å². The van der Waals surface area contributed by atoms with E-state index in [2.05, 4.69) is 20.4 Å². The summed E-state index contributed by atoms with van der Waals surface area (Å²) in [6.07, 6.45) is 5.00. The molecule has 0 unspecified atom stereocenters. The molecule has 1 N–H and O–H groups in total. The molecule has 0 aromatic carbocycles. The van der Waals surface area contributed by atoms with Crippen LogP contribution in [0.2, 0.25) is 5.15 Å². The van der Waals surface area contributed by atoms with Gasteiger partial charge < -0.3 is 5.32 Å². The average molecular weight is 224 g/mol. The van der Waals surface area contributed by atoms with Crippen LogP contribution < -0.4 is 5.32 Å². The van der Waals surface area contributed by atoms with Crippen molar-refractivity contribution in [3.05, 3.63) is 29.4 Å². The van der Waals surface area contributed by atoms with Crippen molar-refractivity contribution in [2.75, 3.05) is 5.32 Å². The average Bonchev–Trinajstić information content (AvgIpc) is 2.59. The van der Waals surface area contributed by atoms with E-state index >= 15 is 0 Å². The normalized spacial score (nSPS) is 10.3. The van der Waals surface area contributed by atoms with Gasteiger partial charge in [-0.2, -0.15) is 5.10 Å². The van der Waals surface area contributed by atoms with Gasteiger partial charge in [-0.1, -0.05) is 11.6 Å². The van der Waals surface area contributed by atoms with Gasteiger partial charge in [0.15, 0.2) is 0 Å².